The van der Waals surface area contributed by atoms with Gasteiger partial charge in [0.1, 0.15) is 0 Å². The van der Waals surface area contributed by atoms with E-state index in [1.54, 1.807) is 0 Å². The maximum absolute atomic E-state index is 12.1. The third-order valence-electron chi connectivity index (χ3n) is 1.64. The first-order valence-corrected chi connectivity index (χ1v) is 3.92. The molecule has 14 heavy (non-hydrogen) atoms. The van der Waals surface area contributed by atoms with E-state index in [9.17, 15) is 9.18 Å². The summed E-state index contributed by atoms with van der Waals surface area (Å²) in [6, 6.07) is 1.34. The average Bonchev–Trinajstić information content (AvgIpc) is 2.62. The Labute approximate surface area is 79.6 Å². The molecule has 6 heteroatoms. The fourth-order valence-electron chi connectivity index (χ4n) is 0.915. The highest BCUT2D eigenvalue weighted by Crippen LogP contribution is 2.00. The lowest BCUT2D eigenvalue weighted by atomic mass is 10.3. The van der Waals surface area contributed by atoms with E-state index in [-0.39, 0.29) is 18.8 Å². The lowest BCUT2D eigenvalue weighted by Gasteiger charge is -2.01. The summed E-state index contributed by atoms with van der Waals surface area (Å²) in [5.74, 6) is -1.11. The van der Waals surface area contributed by atoms with Crippen LogP contribution in [0.3, 0.4) is 0 Å². The predicted molar refractivity (Wildman–Crippen MR) is 47.4 cm³/mol. The fraction of sp³-hybridized carbons (Fsp3) is 0.250. The molecule has 0 aromatic carbocycles. The first-order chi connectivity index (χ1) is 6.67. The van der Waals surface area contributed by atoms with E-state index in [2.05, 4.69) is 5.10 Å². The van der Waals surface area contributed by atoms with Crippen LogP contribution in [-0.2, 0) is 6.54 Å². The largest absolute Gasteiger partial charge is 0.476 e. The number of carbonyl (C=O) groups is 1. The number of nitrogens with two attached hydrogens (primary N) is 1. The predicted octanol–water partition coefficient (Wildman–Crippen LogP) is 0.393. The van der Waals surface area contributed by atoms with Crippen molar-refractivity contribution in [2.75, 3.05) is 6.54 Å². The van der Waals surface area contributed by atoms with E-state index in [4.69, 9.17) is 10.8 Å². The van der Waals surface area contributed by atoms with Crippen molar-refractivity contribution in [1.29, 1.82) is 0 Å². The number of nitrogens with zero attached hydrogens (tertiary/aromatic N) is 2. The van der Waals surface area contributed by atoms with Gasteiger partial charge in [-0.2, -0.15) is 5.10 Å². The van der Waals surface area contributed by atoms with Crippen molar-refractivity contribution in [3.8, 4) is 0 Å². The van der Waals surface area contributed by atoms with Crippen LogP contribution in [0.25, 0.3) is 0 Å². The van der Waals surface area contributed by atoms with Crippen LogP contribution in [0.5, 0.6) is 0 Å². The number of hydrogen-bond acceptors (Lipinski definition) is 3. The van der Waals surface area contributed by atoms with Crippen LogP contribution in [0.2, 0.25) is 0 Å². The van der Waals surface area contributed by atoms with Crippen LogP contribution in [0.15, 0.2) is 24.2 Å². The number of halogens is 1. The number of aromatic carboxylic acids is 1. The molecular weight excluding hydrogens is 189 g/mol. The van der Waals surface area contributed by atoms with E-state index >= 15 is 0 Å². The SMILES string of the molecule is NCC(=CF)Cn1ccc(C(=O)O)n1. The summed E-state index contributed by atoms with van der Waals surface area (Å²) in [4.78, 5) is 10.4. The minimum atomic E-state index is -1.11. The highest BCUT2D eigenvalue weighted by atomic mass is 19.1. The summed E-state index contributed by atoms with van der Waals surface area (Å²) < 4.78 is 13.4. The summed E-state index contributed by atoms with van der Waals surface area (Å²) in [6.07, 6.45) is 1.87. The van der Waals surface area contributed by atoms with Crippen LogP contribution in [0.4, 0.5) is 4.39 Å². The van der Waals surface area contributed by atoms with Crippen molar-refractivity contribution in [2.45, 2.75) is 6.54 Å². The van der Waals surface area contributed by atoms with Gasteiger partial charge in [0.2, 0.25) is 0 Å². The monoisotopic (exact) mass is 199 g/mol. The van der Waals surface area contributed by atoms with Gasteiger partial charge in [0.15, 0.2) is 5.69 Å². The van der Waals surface area contributed by atoms with Gasteiger partial charge in [0.25, 0.3) is 0 Å². The summed E-state index contributed by atoms with van der Waals surface area (Å²) in [6.45, 7) is 0.249. The molecule has 5 nitrogen and oxygen atoms in total. The van der Waals surface area contributed by atoms with Gasteiger partial charge in [-0.3, -0.25) is 4.68 Å². The van der Waals surface area contributed by atoms with Gasteiger partial charge >= 0.3 is 5.97 Å². The second kappa shape index (κ2) is 4.52. The van der Waals surface area contributed by atoms with E-state index in [0.717, 1.165) is 0 Å². The molecule has 0 fully saturated rings. The third-order valence-corrected chi connectivity index (χ3v) is 1.64. The van der Waals surface area contributed by atoms with E-state index in [0.29, 0.717) is 11.9 Å². The van der Waals surface area contributed by atoms with Crippen LogP contribution in [0, 0.1) is 0 Å². The maximum atomic E-state index is 12.1. The first-order valence-electron chi connectivity index (χ1n) is 3.92. The number of aromatic nitrogens is 2. The molecule has 0 bridgehead atoms. The summed E-state index contributed by atoms with van der Waals surface area (Å²) in [7, 11) is 0. The Balaban J connectivity index is 2.73. The summed E-state index contributed by atoms with van der Waals surface area (Å²) in [5, 5.41) is 12.3. The zero-order valence-corrected chi connectivity index (χ0v) is 7.35. The molecule has 76 valence electrons. The lowest BCUT2D eigenvalue weighted by molar-refractivity contribution is 0.0689. The van der Waals surface area contributed by atoms with Gasteiger partial charge in [0.05, 0.1) is 12.9 Å². The molecule has 0 amide bonds. The molecule has 0 saturated carbocycles. The number of hydrogen-bond donors (Lipinski definition) is 2. The van der Waals surface area contributed by atoms with Gasteiger partial charge < -0.3 is 10.8 Å². The second-order valence-corrected chi connectivity index (χ2v) is 2.68. The van der Waals surface area contributed by atoms with Crippen molar-refractivity contribution in [3.05, 3.63) is 29.9 Å². The molecule has 0 aliphatic rings. The van der Waals surface area contributed by atoms with Crippen molar-refractivity contribution in [1.82, 2.24) is 9.78 Å². The Bertz CT molecular complexity index is 359. The van der Waals surface area contributed by atoms with Gasteiger partial charge in [-0.1, -0.05) is 0 Å². The summed E-state index contributed by atoms with van der Waals surface area (Å²) in [5.41, 5.74) is 5.51. The molecule has 1 aromatic heterocycles. The Kier molecular flexibility index (Phi) is 3.35. The van der Waals surface area contributed by atoms with Crippen LogP contribution >= 0.6 is 0 Å². The van der Waals surface area contributed by atoms with E-state index < -0.39 is 5.97 Å². The zero-order chi connectivity index (χ0) is 10.6. The summed E-state index contributed by atoms with van der Waals surface area (Å²) >= 11 is 0. The highest BCUT2D eigenvalue weighted by Gasteiger charge is 2.06. The molecule has 1 heterocycles. The van der Waals surface area contributed by atoms with Crippen LogP contribution in [-0.4, -0.2) is 27.4 Å². The molecule has 0 aliphatic carbocycles. The third kappa shape index (κ3) is 2.40. The quantitative estimate of drug-likeness (QED) is 0.735. The Hall–Kier alpha value is -1.69. The van der Waals surface area contributed by atoms with Crippen LogP contribution in [0.1, 0.15) is 10.5 Å². The molecule has 3 N–H and O–H groups in total. The molecule has 0 saturated heterocycles. The maximum Gasteiger partial charge on any atom is 0.356 e. The smallest absolute Gasteiger partial charge is 0.356 e. The fourth-order valence-corrected chi connectivity index (χ4v) is 0.915. The van der Waals surface area contributed by atoms with Gasteiger partial charge in [0, 0.05) is 12.7 Å². The Morgan fingerprint density at radius 2 is 2.50 bits per heavy atom. The van der Waals surface area contributed by atoms with Gasteiger partial charge in [-0.25, -0.2) is 9.18 Å². The topological polar surface area (TPSA) is 81.1 Å². The molecule has 1 rings (SSSR count). The van der Waals surface area contributed by atoms with Gasteiger partial charge in [-0.05, 0) is 11.6 Å². The van der Waals surface area contributed by atoms with E-state index in [1.165, 1.54) is 16.9 Å². The zero-order valence-electron chi connectivity index (χ0n) is 7.35. The van der Waals surface area contributed by atoms with Crippen molar-refractivity contribution in [2.24, 2.45) is 5.73 Å². The molecule has 0 unspecified atom stereocenters. The molecule has 1 aromatic rings. The molecule has 0 aliphatic heterocycles. The molecular formula is C8H10FN3O2. The van der Waals surface area contributed by atoms with E-state index in [1.807, 2.05) is 0 Å². The van der Waals surface area contributed by atoms with Crippen LogP contribution < -0.4 is 5.73 Å². The molecule has 0 spiro atoms. The minimum Gasteiger partial charge on any atom is -0.476 e. The van der Waals surface area contributed by atoms with Crippen molar-refractivity contribution >= 4 is 5.97 Å². The highest BCUT2D eigenvalue weighted by molar-refractivity contribution is 5.85. The Morgan fingerprint density at radius 1 is 1.79 bits per heavy atom. The molecule has 0 radical (unpaired) electrons. The minimum absolute atomic E-state index is 0.0692. The number of rotatable bonds is 4. The Morgan fingerprint density at radius 3 is 2.93 bits per heavy atom. The first kappa shape index (κ1) is 10.4. The second-order valence-electron chi connectivity index (χ2n) is 2.68. The van der Waals surface area contributed by atoms with Gasteiger partial charge in [-0.15, -0.1) is 0 Å². The van der Waals surface area contributed by atoms with Crippen molar-refractivity contribution < 1.29 is 14.3 Å². The number of carboxylic acids is 1. The standard InChI is InChI=1S/C8H10FN3O2/c9-3-6(4-10)5-12-2-1-7(11-12)8(13)14/h1-3H,4-5,10H2,(H,13,14). The lowest BCUT2D eigenvalue weighted by Crippen LogP contribution is -2.11. The normalized spacial score (nSPS) is 11.7. The number of carboxylic acid groups (broad SMARTS) is 1. The van der Waals surface area contributed by atoms with Crippen molar-refractivity contribution in [3.63, 3.8) is 0 Å². The average molecular weight is 199 g/mol. The molecule has 0 atom stereocenters.